The van der Waals surface area contributed by atoms with Gasteiger partial charge in [-0.05, 0) is 129 Å². The van der Waals surface area contributed by atoms with Gasteiger partial charge in [-0.15, -0.1) is 0 Å². The van der Waals surface area contributed by atoms with Crippen molar-refractivity contribution >= 4 is 80.1 Å². The van der Waals surface area contributed by atoms with Crippen LogP contribution in [0.2, 0.25) is 0 Å². The molecule has 3 atom stereocenters. The standard InChI is InChI=1S/C47H60BrN10O4P/c1-5-30-25-39(55-47-53-28-36(48)45(57-47)54-38-14-13-37-43(52-21-20-51-37)44(38)63(3,4)61)41(62-2)26-40(30)58-22-16-34(17-23-58)50-19-18-49-27-29-6-7-33(24-29)31-8-10-32(11-9-31)35-12-15-42(59)56-46(35)60/h8,10,13-14,20-21,25-26,28-29,33-35,49-50H,5-7,9,11-12,15-19,22-24,27H2,1-4H3,(H,56,59,60)(H2,53,54,55,57). The maximum Gasteiger partial charge on any atom is 0.233 e. The number of imide groups is 1. The largest absolute Gasteiger partial charge is 0.494 e. The highest BCUT2D eigenvalue weighted by atomic mass is 79.9. The number of aryl methyl sites for hydroxylation is 1. The van der Waals surface area contributed by atoms with Crippen LogP contribution in [0.15, 0.2) is 70.6 Å². The van der Waals surface area contributed by atoms with Gasteiger partial charge >= 0.3 is 0 Å². The fourth-order valence-electron chi connectivity index (χ4n) is 9.83. The second-order valence-electron chi connectivity index (χ2n) is 17.7. The van der Waals surface area contributed by atoms with Gasteiger partial charge in [0.05, 0.1) is 39.7 Å². The zero-order valence-electron chi connectivity index (χ0n) is 36.8. The van der Waals surface area contributed by atoms with Crippen molar-refractivity contribution in [3.63, 3.8) is 0 Å². The second-order valence-corrected chi connectivity index (χ2v) is 21.7. The van der Waals surface area contributed by atoms with Gasteiger partial charge in [-0.1, -0.05) is 30.2 Å². The average molecular weight is 940 g/mol. The number of halogens is 1. The first-order chi connectivity index (χ1) is 30.5. The summed E-state index contributed by atoms with van der Waals surface area (Å²) in [6, 6.07) is 8.49. The molecule has 2 amide bonds. The highest BCUT2D eigenvalue weighted by Crippen LogP contribution is 2.43. The molecule has 2 aliphatic carbocycles. The summed E-state index contributed by atoms with van der Waals surface area (Å²) in [7, 11) is -1.08. The molecule has 4 heterocycles. The molecular weight excluding hydrogens is 879 g/mol. The van der Waals surface area contributed by atoms with Gasteiger partial charge in [-0.2, -0.15) is 4.98 Å². The van der Waals surface area contributed by atoms with E-state index in [1.165, 1.54) is 41.7 Å². The summed E-state index contributed by atoms with van der Waals surface area (Å²) in [4.78, 5) is 44.7. The lowest BCUT2D eigenvalue weighted by Crippen LogP contribution is -2.44. The number of hydrogen-bond donors (Lipinski definition) is 5. The van der Waals surface area contributed by atoms with Crippen molar-refractivity contribution in [2.24, 2.45) is 17.8 Å². The van der Waals surface area contributed by atoms with Crippen LogP contribution in [0, 0.1) is 17.8 Å². The number of benzene rings is 2. The Morgan fingerprint density at radius 3 is 2.46 bits per heavy atom. The molecule has 0 radical (unpaired) electrons. The van der Waals surface area contributed by atoms with Gasteiger partial charge < -0.3 is 35.5 Å². The first-order valence-electron chi connectivity index (χ1n) is 22.5. The Bertz CT molecular complexity index is 2450. The summed E-state index contributed by atoms with van der Waals surface area (Å²) < 4.78 is 20.1. The molecule has 16 heteroatoms. The second kappa shape index (κ2) is 20.0. The van der Waals surface area contributed by atoms with E-state index in [0.29, 0.717) is 74.7 Å². The fraction of sp³-hybridized carbons (Fsp3) is 0.489. The summed E-state index contributed by atoms with van der Waals surface area (Å²) in [5.74, 6) is 2.55. The van der Waals surface area contributed by atoms with E-state index < -0.39 is 7.14 Å². The normalized spacial score (nSPS) is 21.0. The van der Waals surface area contributed by atoms with Crippen molar-refractivity contribution in [3.8, 4) is 5.75 Å². The highest BCUT2D eigenvalue weighted by molar-refractivity contribution is 9.10. The average Bonchev–Trinajstić information content (AvgIpc) is 3.76. The van der Waals surface area contributed by atoms with E-state index in [1.807, 2.05) is 12.1 Å². The quantitative estimate of drug-likeness (QED) is 0.0420. The van der Waals surface area contributed by atoms with Crippen LogP contribution in [0.25, 0.3) is 11.0 Å². The van der Waals surface area contributed by atoms with Crippen LogP contribution < -0.4 is 41.5 Å². The Morgan fingerprint density at radius 2 is 1.71 bits per heavy atom. The van der Waals surface area contributed by atoms with Crippen LogP contribution in [0.1, 0.15) is 70.3 Å². The Balaban J connectivity index is 0.807. The number of nitrogens with one attached hydrogen (secondary N) is 5. The molecule has 2 saturated heterocycles. The first kappa shape index (κ1) is 44.9. The zero-order chi connectivity index (χ0) is 44.1. The van der Waals surface area contributed by atoms with Crippen molar-refractivity contribution in [3.05, 3.63) is 76.2 Å². The van der Waals surface area contributed by atoms with E-state index in [0.717, 1.165) is 70.5 Å². The van der Waals surface area contributed by atoms with Crippen molar-refractivity contribution < 1.29 is 18.9 Å². The van der Waals surface area contributed by atoms with E-state index in [1.54, 1.807) is 39.0 Å². The third-order valence-corrected chi connectivity index (χ3v) is 15.3. The summed E-state index contributed by atoms with van der Waals surface area (Å²) in [5, 5.41) is 17.5. The number of anilines is 5. The molecule has 2 aromatic heterocycles. The predicted octanol–water partition coefficient (Wildman–Crippen LogP) is 7.75. The number of hydrogen-bond acceptors (Lipinski definition) is 13. The van der Waals surface area contributed by atoms with Gasteiger partial charge in [0.15, 0.2) is 0 Å². The van der Waals surface area contributed by atoms with Crippen LogP contribution in [0.5, 0.6) is 5.75 Å². The van der Waals surface area contributed by atoms with Crippen LogP contribution in [-0.4, -0.2) is 91.0 Å². The Morgan fingerprint density at radius 1 is 0.921 bits per heavy atom. The molecule has 3 fully saturated rings. The molecule has 3 unspecified atom stereocenters. The third kappa shape index (κ3) is 10.6. The molecule has 2 aromatic carbocycles. The zero-order valence-corrected chi connectivity index (χ0v) is 39.3. The lowest BCUT2D eigenvalue weighted by Gasteiger charge is -2.35. The Kier molecular flexibility index (Phi) is 14.3. The number of amides is 2. The third-order valence-electron chi connectivity index (χ3n) is 13.1. The van der Waals surface area contributed by atoms with Crippen molar-refractivity contribution in [1.29, 1.82) is 0 Å². The van der Waals surface area contributed by atoms with Gasteiger partial charge in [0.1, 0.15) is 24.2 Å². The van der Waals surface area contributed by atoms with E-state index in [2.05, 4.69) is 93.6 Å². The van der Waals surface area contributed by atoms with Crippen LogP contribution in [0.3, 0.4) is 0 Å². The molecule has 334 valence electrons. The number of piperidine rings is 2. The smallest absolute Gasteiger partial charge is 0.233 e. The fourth-order valence-corrected chi connectivity index (χ4v) is 11.5. The SMILES string of the molecule is CCc1cc(Nc2ncc(Br)c(Nc3ccc4nccnc4c3P(C)(C)=O)n2)c(OC)cc1N1CCC(NCCNCC2CCC(C3=CC=C(C4CCC(=O)NC4=O)CC3)C2)CC1. The summed E-state index contributed by atoms with van der Waals surface area (Å²) in [6.07, 6.45) is 19.2. The van der Waals surface area contributed by atoms with Crippen LogP contribution in [-0.2, 0) is 20.6 Å². The number of methoxy groups -OCH3 is 1. The van der Waals surface area contributed by atoms with Crippen LogP contribution >= 0.6 is 23.1 Å². The summed E-state index contributed by atoms with van der Waals surface area (Å²) in [6.45, 7) is 10.6. The minimum atomic E-state index is -2.76. The number of aromatic nitrogens is 4. The number of carbonyl (C=O) groups excluding carboxylic acids is 2. The molecule has 4 aromatic rings. The lowest BCUT2D eigenvalue weighted by atomic mass is 9.81. The maximum absolute atomic E-state index is 13.5. The maximum atomic E-state index is 13.5. The van der Waals surface area contributed by atoms with Gasteiger partial charge in [-0.25, -0.2) is 4.98 Å². The van der Waals surface area contributed by atoms with E-state index in [9.17, 15) is 14.2 Å². The summed E-state index contributed by atoms with van der Waals surface area (Å²) >= 11 is 3.60. The minimum absolute atomic E-state index is 0.124. The van der Waals surface area contributed by atoms with Crippen molar-refractivity contribution in [1.82, 2.24) is 35.9 Å². The molecule has 14 nitrogen and oxygen atoms in total. The molecule has 1 saturated carbocycles. The van der Waals surface area contributed by atoms with Gasteiger partial charge in [0.25, 0.3) is 0 Å². The minimum Gasteiger partial charge on any atom is -0.494 e. The van der Waals surface area contributed by atoms with Gasteiger partial charge in [-0.3, -0.25) is 24.9 Å². The van der Waals surface area contributed by atoms with E-state index in [-0.39, 0.29) is 17.7 Å². The van der Waals surface area contributed by atoms with E-state index in [4.69, 9.17) is 9.72 Å². The predicted molar refractivity (Wildman–Crippen MR) is 256 cm³/mol. The molecule has 2 aliphatic heterocycles. The summed E-state index contributed by atoms with van der Waals surface area (Å²) in [5.41, 5.74) is 7.85. The molecule has 8 rings (SSSR count). The van der Waals surface area contributed by atoms with Gasteiger partial charge in [0.2, 0.25) is 17.8 Å². The molecular formula is C47H60BrN10O4P. The highest BCUT2D eigenvalue weighted by Gasteiger charge is 2.33. The Labute approximate surface area is 378 Å². The first-order valence-corrected chi connectivity index (χ1v) is 25.9. The Hall–Kier alpha value is -4.69. The van der Waals surface area contributed by atoms with Crippen molar-refractivity contribution in [2.75, 3.05) is 68.7 Å². The molecule has 4 aliphatic rings. The van der Waals surface area contributed by atoms with Crippen molar-refractivity contribution in [2.45, 2.75) is 77.2 Å². The number of carbonyl (C=O) groups is 2. The molecule has 0 bridgehead atoms. The molecule has 0 spiro atoms. The number of ether oxygens (including phenoxy) is 1. The molecule has 63 heavy (non-hydrogen) atoms. The van der Waals surface area contributed by atoms with Gasteiger partial charge in [0, 0.05) is 69.0 Å². The topological polar surface area (TPSA) is 175 Å². The number of allylic oxidation sites excluding steroid dienone is 3. The van der Waals surface area contributed by atoms with E-state index >= 15 is 0 Å². The lowest BCUT2D eigenvalue weighted by molar-refractivity contribution is -0.135. The monoisotopic (exact) mass is 938 g/mol. The number of rotatable bonds is 16. The molecule has 5 N–H and O–H groups in total. The number of nitrogens with zero attached hydrogens (tertiary/aromatic N) is 5. The number of fused-ring (bicyclic) bond motifs is 1. The van der Waals surface area contributed by atoms with Crippen LogP contribution in [0.4, 0.5) is 28.8 Å².